The summed E-state index contributed by atoms with van der Waals surface area (Å²) in [6.45, 7) is 4.04. The number of H-pyrrole nitrogens is 1. The maximum absolute atomic E-state index is 13.5. The van der Waals surface area contributed by atoms with Crippen LogP contribution in [0.2, 0.25) is 0 Å². The summed E-state index contributed by atoms with van der Waals surface area (Å²) < 4.78 is 5.51. The number of aromatic nitrogens is 1. The van der Waals surface area contributed by atoms with Crippen LogP contribution in [-0.2, 0) is 16.0 Å². The molecule has 1 fully saturated rings. The van der Waals surface area contributed by atoms with Gasteiger partial charge in [0.05, 0.1) is 12.3 Å². The third kappa shape index (κ3) is 2.57. The van der Waals surface area contributed by atoms with Crippen LogP contribution in [0.4, 0.5) is 0 Å². The van der Waals surface area contributed by atoms with E-state index in [4.69, 9.17) is 4.42 Å². The quantitative estimate of drug-likeness (QED) is 0.540. The maximum Gasteiger partial charge on any atom is 0.246 e. The van der Waals surface area contributed by atoms with E-state index in [9.17, 15) is 9.59 Å². The highest BCUT2D eigenvalue weighted by atomic mass is 16.3. The van der Waals surface area contributed by atoms with Gasteiger partial charge in [0.1, 0.15) is 18.2 Å². The number of furan rings is 1. The van der Waals surface area contributed by atoms with Crippen LogP contribution in [0.25, 0.3) is 21.9 Å². The molecule has 0 radical (unpaired) electrons. The summed E-state index contributed by atoms with van der Waals surface area (Å²) in [7, 11) is 0. The number of carbonyl (C=O) groups is 2. The molecule has 4 aromatic rings. The van der Waals surface area contributed by atoms with Crippen LogP contribution < -0.4 is 0 Å². The number of para-hydroxylation sites is 1. The number of aromatic amines is 1. The van der Waals surface area contributed by atoms with Crippen molar-refractivity contribution < 1.29 is 14.0 Å². The van der Waals surface area contributed by atoms with Crippen LogP contribution in [0, 0.1) is 0 Å². The molecule has 2 aliphatic heterocycles. The Bertz CT molecular complexity index is 1350. The molecule has 0 bridgehead atoms. The SMILES string of the molecule is CC(C)N1CC(=O)N2[C@H](c3ccc4occc4c3)c3[nH]c4ccccc4c3C[C@@H]2C1=O. The molecule has 156 valence electrons. The van der Waals surface area contributed by atoms with E-state index in [1.54, 1.807) is 16.1 Å². The third-order valence-electron chi connectivity index (χ3n) is 6.71. The third-order valence-corrected chi connectivity index (χ3v) is 6.71. The Balaban J connectivity index is 1.59. The Morgan fingerprint density at radius 1 is 1.10 bits per heavy atom. The number of fused-ring (bicyclic) bond motifs is 5. The molecule has 0 aliphatic carbocycles. The summed E-state index contributed by atoms with van der Waals surface area (Å²) in [5.41, 5.74) is 4.94. The molecule has 6 rings (SSSR count). The van der Waals surface area contributed by atoms with Crippen LogP contribution in [0.15, 0.2) is 59.2 Å². The summed E-state index contributed by atoms with van der Waals surface area (Å²) in [4.78, 5) is 34.0. The van der Waals surface area contributed by atoms with E-state index in [0.717, 1.165) is 38.7 Å². The van der Waals surface area contributed by atoms with Crippen LogP contribution in [0.1, 0.15) is 36.7 Å². The summed E-state index contributed by atoms with van der Waals surface area (Å²) in [6.07, 6.45) is 2.19. The first kappa shape index (κ1) is 18.2. The van der Waals surface area contributed by atoms with Crippen molar-refractivity contribution in [3.05, 3.63) is 71.6 Å². The number of nitrogens with one attached hydrogen (secondary N) is 1. The minimum absolute atomic E-state index is 0.0105. The lowest BCUT2D eigenvalue weighted by atomic mass is 9.85. The number of amides is 2. The first-order chi connectivity index (χ1) is 15.0. The molecule has 0 saturated carbocycles. The zero-order valence-corrected chi connectivity index (χ0v) is 17.5. The second-order valence-corrected chi connectivity index (χ2v) is 8.76. The summed E-state index contributed by atoms with van der Waals surface area (Å²) >= 11 is 0. The molecule has 31 heavy (non-hydrogen) atoms. The molecule has 4 heterocycles. The zero-order valence-electron chi connectivity index (χ0n) is 17.5. The van der Waals surface area contributed by atoms with Gasteiger partial charge in [0.2, 0.25) is 11.8 Å². The lowest BCUT2D eigenvalue weighted by Gasteiger charge is -2.48. The largest absolute Gasteiger partial charge is 0.464 e. The molecule has 2 aromatic heterocycles. The van der Waals surface area contributed by atoms with Gasteiger partial charge in [-0.15, -0.1) is 0 Å². The van der Waals surface area contributed by atoms with Gasteiger partial charge >= 0.3 is 0 Å². The minimum Gasteiger partial charge on any atom is -0.464 e. The normalized spacial score (nSPS) is 21.3. The van der Waals surface area contributed by atoms with Crippen molar-refractivity contribution in [3.63, 3.8) is 0 Å². The van der Waals surface area contributed by atoms with Crippen molar-refractivity contribution in [3.8, 4) is 0 Å². The van der Waals surface area contributed by atoms with E-state index in [-0.39, 0.29) is 30.4 Å². The van der Waals surface area contributed by atoms with Gasteiger partial charge < -0.3 is 19.2 Å². The van der Waals surface area contributed by atoms with Gasteiger partial charge in [0.15, 0.2) is 0 Å². The average molecular weight is 413 g/mol. The molecule has 1 saturated heterocycles. The highest BCUT2D eigenvalue weighted by Crippen LogP contribution is 2.43. The van der Waals surface area contributed by atoms with Gasteiger partial charge in [-0.2, -0.15) is 0 Å². The molecule has 1 N–H and O–H groups in total. The van der Waals surface area contributed by atoms with Crippen molar-refractivity contribution in [1.82, 2.24) is 14.8 Å². The highest BCUT2D eigenvalue weighted by Gasteiger charge is 2.48. The number of carbonyl (C=O) groups excluding carboxylic acids is 2. The number of hydrogen-bond acceptors (Lipinski definition) is 3. The van der Waals surface area contributed by atoms with Crippen molar-refractivity contribution in [2.24, 2.45) is 0 Å². The molecule has 6 nitrogen and oxygen atoms in total. The van der Waals surface area contributed by atoms with Gasteiger partial charge in [-0.25, -0.2) is 0 Å². The summed E-state index contributed by atoms with van der Waals surface area (Å²) in [6, 6.07) is 15.2. The van der Waals surface area contributed by atoms with Crippen LogP contribution in [0.5, 0.6) is 0 Å². The first-order valence-corrected chi connectivity index (χ1v) is 10.7. The Morgan fingerprint density at radius 3 is 2.77 bits per heavy atom. The highest BCUT2D eigenvalue weighted by molar-refractivity contribution is 5.98. The number of nitrogens with zero attached hydrogens (tertiary/aromatic N) is 2. The lowest BCUT2D eigenvalue weighted by molar-refractivity contribution is -0.160. The van der Waals surface area contributed by atoms with Gasteiger partial charge in [-0.3, -0.25) is 9.59 Å². The Hall–Kier alpha value is -3.54. The standard InChI is InChI=1S/C25H23N3O3/c1-14(2)27-13-22(29)28-20(25(27)30)12-18-17-5-3-4-6-19(17)26-23(18)24(28)16-7-8-21-15(11-16)9-10-31-21/h3-11,14,20,24,26H,12-13H2,1-2H3/t20-,24-/m1/s1. The fourth-order valence-corrected chi connectivity index (χ4v) is 5.23. The van der Waals surface area contributed by atoms with E-state index < -0.39 is 6.04 Å². The smallest absolute Gasteiger partial charge is 0.246 e. The van der Waals surface area contributed by atoms with Crippen molar-refractivity contribution in [2.45, 2.75) is 38.4 Å². The second-order valence-electron chi connectivity index (χ2n) is 8.76. The van der Waals surface area contributed by atoms with Crippen LogP contribution >= 0.6 is 0 Å². The fraction of sp³-hybridized carbons (Fsp3) is 0.280. The molecule has 2 aromatic carbocycles. The van der Waals surface area contributed by atoms with Gasteiger partial charge in [-0.1, -0.05) is 24.3 Å². The average Bonchev–Trinajstić information content (AvgIpc) is 3.38. The molecule has 2 amide bonds. The van der Waals surface area contributed by atoms with E-state index in [0.29, 0.717) is 6.42 Å². The van der Waals surface area contributed by atoms with E-state index in [1.165, 1.54) is 0 Å². The zero-order chi connectivity index (χ0) is 21.3. The molecule has 2 atom stereocenters. The molecule has 6 heteroatoms. The predicted octanol–water partition coefficient (Wildman–Crippen LogP) is 4.01. The van der Waals surface area contributed by atoms with Crippen LogP contribution in [-0.4, -0.2) is 45.2 Å². The van der Waals surface area contributed by atoms with E-state index in [1.807, 2.05) is 50.2 Å². The van der Waals surface area contributed by atoms with Crippen molar-refractivity contribution >= 4 is 33.7 Å². The van der Waals surface area contributed by atoms with E-state index >= 15 is 0 Å². The summed E-state index contributed by atoms with van der Waals surface area (Å²) in [5.74, 6) is 0.0137. The molecular weight excluding hydrogens is 390 g/mol. The first-order valence-electron chi connectivity index (χ1n) is 10.7. The van der Waals surface area contributed by atoms with Gasteiger partial charge in [0, 0.05) is 34.4 Å². The topological polar surface area (TPSA) is 69.6 Å². The Morgan fingerprint density at radius 2 is 1.94 bits per heavy atom. The number of benzene rings is 2. The minimum atomic E-state index is -0.500. The molecule has 2 aliphatic rings. The fourth-order valence-electron chi connectivity index (χ4n) is 5.23. The van der Waals surface area contributed by atoms with E-state index in [2.05, 4.69) is 17.1 Å². The molecular formula is C25H23N3O3. The second kappa shape index (κ2) is 6.48. The molecule has 0 unspecified atom stereocenters. The Labute approximate surface area is 179 Å². The van der Waals surface area contributed by atoms with Crippen molar-refractivity contribution in [1.29, 1.82) is 0 Å². The van der Waals surface area contributed by atoms with Gasteiger partial charge in [0.25, 0.3) is 0 Å². The number of hydrogen-bond donors (Lipinski definition) is 1. The van der Waals surface area contributed by atoms with Gasteiger partial charge in [-0.05, 0) is 49.2 Å². The summed E-state index contributed by atoms with van der Waals surface area (Å²) in [5, 5.41) is 2.10. The predicted molar refractivity (Wildman–Crippen MR) is 118 cm³/mol. The Kier molecular flexibility index (Phi) is 3.81. The number of piperazine rings is 1. The number of rotatable bonds is 2. The van der Waals surface area contributed by atoms with Crippen LogP contribution in [0.3, 0.4) is 0 Å². The molecule has 0 spiro atoms. The maximum atomic E-state index is 13.5. The monoisotopic (exact) mass is 413 g/mol. The lowest BCUT2D eigenvalue weighted by Crippen LogP contribution is -2.64. The van der Waals surface area contributed by atoms with Crippen molar-refractivity contribution in [2.75, 3.05) is 6.54 Å².